The SMILES string of the molecule is CN(CCC(=O)N1CCNCC1)C1CC1. The first-order valence-electron chi connectivity index (χ1n) is 5.96. The van der Waals surface area contributed by atoms with Crippen LogP contribution in [0.2, 0.25) is 0 Å². The van der Waals surface area contributed by atoms with Gasteiger partial charge in [0.05, 0.1) is 0 Å². The summed E-state index contributed by atoms with van der Waals surface area (Å²) in [5, 5.41) is 3.26. The van der Waals surface area contributed by atoms with Crippen molar-refractivity contribution in [2.75, 3.05) is 39.8 Å². The van der Waals surface area contributed by atoms with Crippen molar-refractivity contribution >= 4 is 5.91 Å². The fraction of sp³-hybridized carbons (Fsp3) is 0.909. The first-order valence-corrected chi connectivity index (χ1v) is 5.96. The van der Waals surface area contributed by atoms with E-state index < -0.39 is 0 Å². The van der Waals surface area contributed by atoms with Gasteiger partial charge in [0.25, 0.3) is 0 Å². The van der Waals surface area contributed by atoms with E-state index in [1.54, 1.807) is 0 Å². The normalized spacial score (nSPS) is 22.1. The van der Waals surface area contributed by atoms with E-state index in [4.69, 9.17) is 0 Å². The molecule has 0 aromatic carbocycles. The molecule has 2 aliphatic rings. The van der Waals surface area contributed by atoms with Crippen LogP contribution in [0.3, 0.4) is 0 Å². The van der Waals surface area contributed by atoms with Crippen LogP contribution in [0, 0.1) is 0 Å². The molecule has 4 nitrogen and oxygen atoms in total. The summed E-state index contributed by atoms with van der Waals surface area (Å²) in [5.74, 6) is 0.323. The molecule has 15 heavy (non-hydrogen) atoms. The average molecular weight is 211 g/mol. The Morgan fingerprint density at radius 3 is 2.67 bits per heavy atom. The fourth-order valence-corrected chi connectivity index (χ4v) is 2.04. The Bertz CT molecular complexity index is 222. The second kappa shape index (κ2) is 4.94. The van der Waals surface area contributed by atoms with Gasteiger partial charge in [-0.3, -0.25) is 4.79 Å². The monoisotopic (exact) mass is 211 g/mol. The number of nitrogens with one attached hydrogen (secondary N) is 1. The molecule has 1 N–H and O–H groups in total. The van der Waals surface area contributed by atoms with Crippen LogP contribution in [0.25, 0.3) is 0 Å². The smallest absolute Gasteiger partial charge is 0.223 e. The molecule has 1 heterocycles. The molecule has 2 fully saturated rings. The molecule has 0 bridgehead atoms. The predicted octanol–water partition coefficient (Wildman–Crippen LogP) is -0.0975. The van der Waals surface area contributed by atoms with Gasteiger partial charge < -0.3 is 15.1 Å². The maximum atomic E-state index is 11.8. The van der Waals surface area contributed by atoms with E-state index in [1.165, 1.54) is 12.8 Å². The largest absolute Gasteiger partial charge is 0.340 e. The quantitative estimate of drug-likeness (QED) is 0.705. The summed E-state index contributed by atoms with van der Waals surface area (Å²) in [6.07, 6.45) is 3.32. The van der Waals surface area contributed by atoms with Crippen LogP contribution in [0.4, 0.5) is 0 Å². The highest BCUT2D eigenvalue weighted by molar-refractivity contribution is 5.76. The Morgan fingerprint density at radius 2 is 2.07 bits per heavy atom. The second-order valence-electron chi connectivity index (χ2n) is 4.59. The van der Waals surface area contributed by atoms with Crippen LogP contribution in [0.1, 0.15) is 19.3 Å². The van der Waals surface area contributed by atoms with Crippen molar-refractivity contribution in [2.45, 2.75) is 25.3 Å². The Kier molecular flexibility index (Phi) is 3.59. The van der Waals surface area contributed by atoms with Crippen LogP contribution in [-0.4, -0.2) is 61.5 Å². The van der Waals surface area contributed by atoms with E-state index >= 15 is 0 Å². The van der Waals surface area contributed by atoms with Gasteiger partial charge in [0, 0.05) is 45.2 Å². The number of hydrogen-bond donors (Lipinski definition) is 1. The van der Waals surface area contributed by atoms with Crippen molar-refractivity contribution in [1.82, 2.24) is 15.1 Å². The van der Waals surface area contributed by atoms with E-state index in [2.05, 4.69) is 17.3 Å². The van der Waals surface area contributed by atoms with Crippen molar-refractivity contribution in [3.8, 4) is 0 Å². The maximum Gasteiger partial charge on any atom is 0.223 e. The molecule has 0 atom stereocenters. The maximum absolute atomic E-state index is 11.8. The first kappa shape index (κ1) is 10.9. The molecule has 0 unspecified atom stereocenters. The Morgan fingerprint density at radius 1 is 1.40 bits per heavy atom. The van der Waals surface area contributed by atoms with Crippen molar-refractivity contribution in [2.24, 2.45) is 0 Å². The van der Waals surface area contributed by atoms with E-state index in [0.29, 0.717) is 12.3 Å². The highest BCUT2D eigenvalue weighted by atomic mass is 16.2. The molecule has 2 rings (SSSR count). The molecule has 0 aromatic rings. The second-order valence-corrected chi connectivity index (χ2v) is 4.59. The summed E-state index contributed by atoms with van der Waals surface area (Å²) in [6.45, 7) is 4.58. The zero-order valence-corrected chi connectivity index (χ0v) is 9.54. The Balaban J connectivity index is 1.66. The van der Waals surface area contributed by atoms with Gasteiger partial charge in [-0.2, -0.15) is 0 Å². The Labute approximate surface area is 91.6 Å². The van der Waals surface area contributed by atoms with Crippen molar-refractivity contribution in [1.29, 1.82) is 0 Å². The van der Waals surface area contributed by atoms with E-state index in [0.717, 1.165) is 38.8 Å². The molecule has 0 spiro atoms. The number of rotatable bonds is 4. The zero-order valence-electron chi connectivity index (χ0n) is 9.54. The molecule has 1 aliphatic heterocycles. The van der Waals surface area contributed by atoms with Crippen LogP contribution >= 0.6 is 0 Å². The van der Waals surface area contributed by atoms with Crippen molar-refractivity contribution in [3.05, 3.63) is 0 Å². The van der Waals surface area contributed by atoms with Crippen molar-refractivity contribution in [3.63, 3.8) is 0 Å². The topological polar surface area (TPSA) is 35.6 Å². The number of carbonyl (C=O) groups excluding carboxylic acids is 1. The molecular formula is C11H21N3O. The minimum absolute atomic E-state index is 0.323. The molecule has 0 aromatic heterocycles. The molecular weight excluding hydrogens is 190 g/mol. The third-order valence-corrected chi connectivity index (χ3v) is 3.32. The lowest BCUT2D eigenvalue weighted by molar-refractivity contribution is -0.132. The summed E-state index contributed by atoms with van der Waals surface area (Å²) in [5.41, 5.74) is 0. The molecule has 1 amide bonds. The highest BCUT2D eigenvalue weighted by Crippen LogP contribution is 2.25. The third kappa shape index (κ3) is 3.18. The molecule has 1 aliphatic carbocycles. The van der Waals surface area contributed by atoms with Crippen molar-refractivity contribution < 1.29 is 4.79 Å². The Hall–Kier alpha value is -0.610. The van der Waals surface area contributed by atoms with Gasteiger partial charge in [0.2, 0.25) is 5.91 Å². The number of hydrogen-bond acceptors (Lipinski definition) is 3. The number of nitrogens with zero attached hydrogens (tertiary/aromatic N) is 2. The molecule has 86 valence electrons. The highest BCUT2D eigenvalue weighted by Gasteiger charge is 2.26. The van der Waals surface area contributed by atoms with Gasteiger partial charge in [-0.25, -0.2) is 0 Å². The van der Waals surface area contributed by atoms with Crippen LogP contribution < -0.4 is 5.32 Å². The van der Waals surface area contributed by atoms with E-state index in [-0.39, 0.29) is 0 Å². The molecule has 4 heteroatoms. The van der Waals surface area contributed by atoms with Crippen LogP contribution in [-0.2, 0) is 4.79 Å². The lowest BCUT2D eigenvalue weighted by atomic mass is 10.3. The number of amides is 1. The zero-order chi connectivity index (χ0) is 10.7. The van der Waals surface area contributed by atoms with Crippen LogP contribution in [0.5, 0.6) is 0 Å². The van der Waals surface area contributed by atoms with Gasteiger partial charge in [-0.1, -0.05) is 0 Å². The van der Waals surface area contributed by atoms with Gasteiger partial charge in [0.15, 0.2) is 0 Å². The lowest BCUT2D eigenvalue weighted by Crippen LogP contribution is -2.47. The molecule has 1 saturated heterocycles. The third-order valence-electron chi connectivity index (χ3n) is 3.32. The van der Waals surface area contributed by atoms with Gasteiger partial charge in [0.1, 0.15) is 0 Å². The molecule has 1 saturated carbocycles. The average Bonchev–Trinajstić information content (AvgIpc) is 3.10. The van der Waals surface area contributed by atoms with Gasteiger partial charge >= 0.3 is 0 Å². The summed E-state index contributed by atoms with van der Waals surface area (Å²) in [6, 6.07) is 0.765. The minimum atomic E-state index is 0.323. The number of piperazine rings is 1. The number of carbonyl (C=O) groups is 1. The fourth-order valence-electron chi connectivity index (χ4n) is 2.04. The van der Waals surface area contributed by atoms with E-state index in [9.17, 15) is 4.79 Å². The minimum Gasteiger partial charge on any atom is -0.340 e. The predicted molar refractivity (Wildman–Crippen MR) is 59.7 cm³/mol. The molecule has 0 radical (unpaired) electrons. The standard InChI is InChI=1S/C11H21N3O/c1-13(10-2-3-10)7-4-11(15)14-8-5-12-6-9-14/h10,12H,2-9H2,1H3. The summed E-state index contributed by atoms with van der Waals surface area (Å²) in [7, 11) is 2.13. The summed E-state index contributed by atoms with van der Waals surface area (Å²) < 4.78 is 0. The van der Waals surface area contributed by atoms with Gasteiger partial charge in [-0.05, 0) is 19.9 Å². The summed E-state index contributed by atoms with van der Waals surface area (Å²) >= 11 is 0. The summed E-state index contributed by atoms with van der Waals surface area (Å²) in [4.78, 5) is 16.1. The van der Waals surface area contributed by atoms with Gasteiger partial charge in [-0.15, -0.1) is 0 Å². The lowest BCUT2D eigenvalue weighted by Gasteiger charge is -2.28. The first-order chi connectivity index (χ1) is 7.27. The van der Waals surface area contributed by atoms with E-state index in [1.807, 2.05) is 4.90 Å². The van der Waals surface area contributed by atoms with Crippen LogP contribution in [0.15, 0.2) is 0 Å².